The van der Waals surface area contributed by atoms with Crippen molar-refractivity contribution in [2.45, 2.75) is 38.0 Å². The summed E-state index contributed by atoms with van der Waals surface area (Å²) in [5, 5.41) is 14.0. The fourth-order valence-corrected chi connectivity index (χ4v) is 3.23. The molecule has 0 aliphatic heterocycles. The van der Waals surface area contributed by atoms with Gasteiger partial charge in [-0.2, -0.15) is 0 Å². The SMILES string of the molecule is COC(=O)c1ccc(C(=O)NC2=CCC=C(C(C)(O)CNSC(C)C)C=C2)nc1. The maximum absolute atomic E-state index is 12.4. The molecule has 1 aromatic heterocycles. The zero-order valence-corrected chi connectivity index (χ0v) is 17.9. The van der Waals surface area contributed by atoms with Crippen LogP contribution >= 0.6 is 11.9 Å². The Morgan fingerprint density at radius 1 is 1.31 bits per heavy atom. The van der Waals surface area contributed by atoms with E-state index in [-0.39, 0.29) is 17.2 Å². The predicted octanol–water partition coefficient (Wildman–Crippen LogP) is 2.77. The molecule has 1 aliphatic rings. The van der Waals surface area contributed by atoms with Crippen LogP contribution in [-0.4, -0.2) is 46.5 Å². The predicted molar refractivity (Wildman–Crippen MR) is 114 cm³/mol. The van der Waals surface area contributed by atoms with E-state index in [9.17, 15) is 14.7 Å². The average Bonchev–Trinajstić information content (AvgIpc) is 2.93. The molecule has 29 heavy (non-hydrogen) atoms. The summed E-state index contributed by atoms with van der Waals surface area (Å²) in [6, 6.07) is 2.96. The number of nitrogens with one attached hydrogen (secondary N) is 2. The van der Waals surface area contributed by atoms with E-state index in [0.717, 1.165) is 5.57 Å². The van der Waals surface area contributed by atoms with Crippen molar-refractivity contribution in [3.8, 4) is 0 Å². The van der Waals surface area contributed by atoms with Crippen LogP contribution in [0.4, 0.5) is 0 Å². The van der Waals surface area contributed by atoms with Gasteiger partial charge in [-0.1, -0.05) is 44.0 Å². The number of carbonyl (C=O) groups excluding carboxylic acids is 2. The summed E-state index contributed by atoms with van der Waals surface area (Å²) in [4.78, 5) is 27.9. The van der Waals surface area contributed by atoms with Crippen molar-refractivity contribution in [2.75, 3.05) is 13.7 Å². The second kappa shape index (κ2) is 10.4. The van der Waals surface area contributed by atoms with Crippen LogP contribution < -0.4 is 10.0 Å². The Balaban J connectivity index is 1.98. The maximum Gasteiger partial charge on any atom is 0.339 e. The number of ether oxygens (including phenoxy) is 1. The molecule has 0 bridgehead atoms. The molecule has 8 heteroatoms. The number of aromatic nitrogens is 1. The van der Waals surface area contributed by atoms with Crippen LogP contribution in [0, 0.1) is 0 Å². The average molecular weight is 418 g/mol. The molecule has 156 valence electrons. The molecule has 0 saturated heterocycles. The van der Waals surface area contributed by atoms with Crippen LogP contribution in [0.25, 0.3) is 0 Å². The number of aliphatic hydroxyl groups is 1. The van der Waals surface area contributed by atoms with E-state index in [2.05, 4.69) is 33.6 Å². The monoisotopic (exact) mass is 417 g/mol. The van der Waals surface area contributed by atoms with Gasteiger partial charge in [0.2, 0.25) is 0 Å². The number of rotatable bonds is 8. The summed E-state index contributed by atoms with van der Waals surface area (Å²) in [6.07, 6.45) is 9.22. The van der Waals surface area contributed by atoms with Gasteiger partial charge < -0.3 is 15.2 Å². The first-order chi connectivity index (χ1) is 13.7. The van der Waals surface area contributed by atoms with E-state index in [4.69, 9.17) is 0 Å². The Morgan fingerprint density at radius 3 is 2.69 bits per heavy atom. The molecule has 1 aromatic rings. The van der Waals surface area contributed by atoms with Crippen LogP contribution in [0.5, 0.6) is 0 Å². The molecule has 1 aliphatic carbocycles. The maximum atomic E-state index is 12.4. The number of carbonyl (C=O) groups is 2. The number of allylic oxidation sites excluding steroid dienone is 3. The van der Waals surface area contributed by atoms with Gasteiger partial charge >= 0.3 is 5.97 Å². The lowest BCUT2D eigenvalue weighted by Gasteiger charge is -2.25. The van der Waals surface area contributed by atoms with Crippen LogP contribution in [0.1, 0.15) is 48.0 Å². The Morgan fingerprint density at radius 2 is 2.07 bits per heavy atom. The molecule has 0 aromatic carbocycles. The third-order valence-electron chi connectivity index (χ3n) is 4.15. The van der Waals surface area contributed by atoms with Gasteiger partial charge in [0, 0.05) is 23.7 Å². The summed E-state index contributed by atoms with van der Waals surface area (Å²) in [5.41, 5.74) is 0.816. The number of pyridine rings is 1. The molecule has 1 unspecified atom stereocenters. The first-order valence-corrected chi connectivity index (χ1v) is 10.2. The molecule has 0 fully saturated rings. The van der Waals surface area contributed by atoms with E-state index < -0.39 is 11.6 Å². The van der Waals surface area contributed by atoms with Crippen LogP contribution in [0.15, 0.2) is 53.9 Å². The second-order valence-electron chi connectivity index (χ2n) is 7.03. The molecule has 1 atom stereocenters. The molecular weight excluding hydrogens is 390 g/mol. The highest BCUT2D eigenvalue weighted by Gasteiger charge is 2.24. The van der Waals surface area contributed by atoms with Gasteiger partial charge in [-0.05, 0) is 37.1 Å². The molecular formula is C21H27N3O4S. The zero-order valence-electron chi connectivity index (χ0n) is 17.1. The lowest BCUT2D eigenvalue weighted by Crippen LogP contribution is -2.37. The molecule has 0 saturated carbocycles. The van der Waals surface area contributed by atoms with E-state index in [1.165, 1.54) is 25.4 Å². The summed E-state index contributed by atoms with van der Waals surface area (Å²) < 4.78 is 7.80. The van der Waals surface area contributed by atoms with Crippen molar-refractivity contribution in [3.63, 3.8) is 0 Å². The lowest BCUT2D eigenvalue weighted by molar-refractivity contribution is 0.0599. The van der Waals surface area contributed by atoms with Gasteiger partial charge in [0.05, 0.1) is 18.3 Å². The van der Waals surface area contributed by atoms with Crippen LogP contribution in [0.3, 0.4) is 0 Å². The smallest absolute Gasteiger partial charge is 0.339 e. The third-order valence-corrected chi connectivity index (χ3v) is 4.93. The number of esters is 1. The number of amides is 1. The van der Waals surface area contributed by atoms with Gasteiger partial charge in [0.15, 0.2) is 0 Å². The second-order valence-corrected chi connectivity index (χ2v) is 8.49. The highest BCUT2D eigenvalue weighted by atomic mass is 32.2. The minimum absolute atomic E-state index is 0.186. The molecule has 1 heterocycles. The van der Waals surface area contributed by atoms with E-state index >= 15 is 0 Å². The molecule has 0 spiro atoms. The third kappa shape index (κ3) is 6.85. The number of hydrogen-bond acceptors (Lipinski definition) is 7. The van der Waals surface area contributed by atoms with Crippen molar-refractivity contribution in [1.82, 2.24) is 15.0 Å². The molecule has 1 amide bonds. The molecule has 0 radical (unpaired) electrons. The van der Waals surface area contributed by atoms with Crippen molar-refractivity contribution < 1.29 is 19.4 Å². The van der Waals surface area contributed by atoms with Crippen molar-refractivity contribution >= 4 is 23.8 Å². The van der Waals surface area contributed by atoms with Crippen molar-refractivity contribution in [3.05, 3.63) is 65.2 Å². The standard InChI is InChI=1S/C21H27N3O4S/c1-14(2)29-23-13-21(3,27)16-6-5-7-17(10-9-16)24-19(25)18-11-8-15(12-22-18)20(26)28-4/h6-12,14,23,27H,5,13H2,1-4H3,(H,24,25). The fourth-order valence-electron chi connectivity index (χ4n) is 2.53. The summed E-state index contributed by atoms with van der Waals surface area (Å²) >= 11 is 1.57. The first kappa shape index (κ1) is 22.9. The Hall–Kier alpha value is -2.42. The van der Waals surface area contributed by atoms with E-state index in [1.807, 2.05) is 12.2 Å². The fraction of sp³-hybridized carbons (Fsp3) is 0.381. The van der Waals surface area contributed by atoms with Crippen LogP contribution in [-0.2, 0) is 4.74 Å². The van der Waals surface area contributed by atoms with E-state index in [1.54, 1.807) is 31.0 Å². The van der Waals surface area contributed by atoms with Crippen LogP contribution in [0.2, 0.25) is 0 Å². The highest BCUT2D eigenvalue weighted by molar-refractivity contribution is 7.97. The summed E-state index contributed by atoms with van der Waals surface area (Å²) in [7, 11) is 1.28. The normalized spacial score (nSPS) is 15.8. The topological polar surface area (TPSA) is 101 Å². The molecule has 3 N–H and O–H groups in total. The zero-order chi connectivity index (χ0) is 21.4. The number of methoxy groups -OCH3 is 1. The van der Waals surface area contributed by atoms with Gasteiger partial charge in [0.25, 0.3) is 5.91 Å². The number of nitrogens with zero attached hydrogens (tertiary/aromatic N) is 1. The minimum Gasteiger partial charge on any atom is -0.465 e. The Kier molecular flexibility index (Phi) is 8.19. The van der Waals surface area contributed by atoms with Gasteiger partial charge in [-0.15, -0.1) is 0 Å². The van der Waals surface area contributed by atoms with E-state index in [0.29, 0.717) is 23.9 Å². The largest absolute Gasteiger partial charge is 0.465 e. The van der Waals surface area contributed by atoms with Crippen molar-refractivity contribution in [1.29, 1.82) is 0 Å². The molecule has 2 rings (SSSR count). The van der Waals surface area contributed by atoms with Gasteiger partial charge in [-0.3, -0.25) is 14.5 Å². The molecule has 7 nitrogen and oxygen atoms in total. The summed E-state index contributed by atoms with van der Waals surface area (Å²) in [6.45, 7) is 6.32. The Labute approximate surface area is 175 Å². The van der Waals surface area contributed by atoms with Crippen molar-refractivity contribution in [2.24, 2.45) is 0 Å². The Bertz CT molecular complexity index is 827. The minimum atomic E-state index is -1.03. The number of hydrogen-bond donors (Lipinski definition) is 3. The lowest BCUT2D eigenvalue weighted by atomic mass is 9.95. The van der Waals surface area contributed by atoms with Gasteiger partial charge in [0.1, 0.15) is 5.69 Å². The first-order valence-electron chi connectivity index (χ1n) is 9.28. The highest BCUT2D eigenvalue weighted by Crippen LogP contribution is 2.22. The summed E-state index contributed by atoms with van der Waals surface area (Å²) in [5.74, 6) is -0.895. The quantitative estimate of drug-likeness (QED) is 0.442. The van der Waals surface area contributed by atoms with Gasteiger partial charge in [-0.25, -0.2) is 4.79 Å².